The van der Waals surface area contributed by atoms with Crippen molar-refractivity contribution in [2.24, 2.45) is 0 Å². The van der Waals surface area contributed by atoms with Crippen LogP contribution in [0.5, 0.6) is 0 Å². The van der Waals surface area contributed by atoms with Crippen LogP contribution < -0.4 is 0 Å². The first-order chi connectivity index (χ1) is 7.88. The standard InChI is InChI=1S/C9H8F2N2O4/c1-4-7(8(10)11)6(13(15)16)3-5(12-4)9(14)17-2/h3,8H,1-2H3. The number of carbonyl (C=O) groups excluding carboxylic acids is 1. The van der Waals surface area contributed by atoms with Crippen molar-refractivity contribution < 1.29 is 23.2 Å². The lowest BCUT2D eigenvalue weighted by atomic mass is 10.1. The van der Waals surface area contributed by atoms with E-state index in [0.717, 1.165) is 7.11 Å². The van der Waals surface area contributed by atoms with Crippen LogP contribution in [0.1, 0.15) is 28.2 Å². The molecule has 0 saturated heterocycles. The van der Waals surface area contributed by atoms with Crippen molar-refractivity contribution >= 4 is 11.7 Å². The summed E-state index contributed by atoms with van der Waals surface area (Å²) < 4.78 is 29.5. The van der Waals surface area contributed by atoms with Gasteiger partial charge in [-0.3, -0.25) is 10.1 Å². The van der Waals surface area contributed by atoms with Gasteiger partial charge in [0.15, 0.2) is 5.69 Å². The van der Waals surface area contributed by atoms with Crippen molar-refractivity contribution in [1.29, 1.82) is 0 Å². The zero-order valence-corrected chi connectivity index (χ0v) is 8.94. The molecule has 0 N–H and O–H groups in total. The SMILES string of the molecule is COC(=O)c1cc([N+](=O)[O-])c(C(F)F)c(C)n1. The van der Waals surface area contributed by atoms with Gasteiger partial charge in [-0.15, -0.1) is 0 Å². The lowest BCUT2D eigenvalue weighted by Gasteiger charge is -2.07. The normalized spacial score (nSPS) is 10.4. The van der Waals surface area contributed by atoms with E-state index in [1.54, 1.807) is 0 Å². The second-order valence-electron chi connectivity index (χ2n) is 3.08. The monoisotopic (exact) mass is 246 g/mol. The highest BCUT2D eigenvalue weighted by Crippen LogP contribution is 2.31. The molecule has 0 fully saturated rings. The Bertz CT molecular complexity index is 476. The average molecular weight is 246 g/mol. The second-order valence-corrected chi connectivity index (χ2v) is 3.08. The lowest BCUT2D eigenvalue weighted by Crippen LogP contribution is -2.09. The predicted octanol–water partition coefficient (Wildman–Crippen LogP) is 2.02. The number of pyridine rings is 1. The fourth-order valence-electron chi connectivity index (χ4n) is 1.30. The van der Waals surface area contributed by atoms with Gasteiger partial charge in [0.05, 0.1) is 17.7 Å². The minimum atomic E-state index is -3.03. The highest BCUT2D eigenvalue weighted by atomic mass is 19.3. The van der Waals surface area contributed by atoms with Crippen molar-refractivity contribution in [1.82, 2.24) is 4.98 Å². The molecule has 0 aliphatic rings. The number of methoxy groups -OCH3 is 1. The average Bonchev–Trinajstić information content (AvgIpc) is 2.26. The van der Waals surface area contributed by atoms with Gasteiger partial charge in [0.25, 0.3) is 12.1 Å². The zero-order valence-electron chi connectivity index (χ0n) is 8.94. The summed E-state index contributed by atoms with van der Waals surface area (Å²) in [6, 6.07) is 0.681. The number of carbonyl (C=O) groups is 1. The lowest BCUT2D eigenvalue weighted by molar-refractivity contribution is -0.386. The van der Waals surface area contributed by atoms with E-state index >= 15 is 0 Å². The molecule has 1 aromatic heterocycles. The Balaban J connectivity index is 3.46. The molecule has 0 amide bonds. The van der Waals surface area contributed by atoms with Crippen molar-refractivity contribution in [3.63, 3.8) is 0 Å². The largest absolute Gasteiger partial charge is 0.464 e. The van der Waals surface area contributed by atoms with Gasteiger partial charge < -0.3 is 4.74 Å². The maximum atomic E-state index is 12.6. The molecule has 1 heterocycles. The van der Waals surface area contributed by atoms with Gasteiger partial charge in [0.1, 0.15) is 5.56 Å². The summed E-state index contributed by atoms with van der Waals surface area (Å²) in [4.78, 5) is 24.3. The van der Waals surface area contributed by atoms with Crippen molar-refractivity contribution in [2.75, 3.05) is 7.11 Å². The summed E-state index contributed by atoms with van der Waals surface area (Å²) in [5.41, 5.74) is -2.27. The number of aryl methyl sites for hydroxylation is 1. The Morgan fingerprint density at radius 3 is 2.59 bits per heavy atom. The third-order valence-corrected chi connectivity index (χ3v) is 2.04. The van der Waals surface area contributed by atoms with Crippen LogP contribution in [-0.4, -0.2) is 23.0 Å². The molecule has 1 aromatic rings. The molecule has 0 unspecified atom stereocenters. The molecular weight excluding hydrogens is 238 g/mol. The van der Waals surface area contributed by atoms with E-state index in [-0.39, 0.29) is 11.4 Å². The molecule has 0 aliphatic carbocycles. The van der Waals surface area contributed by atoms with E-state index in [2.05, 4.69) is 9.72 Å². The minimum Gasteiger partial charge on any atom is -0.464 e. The Morgan fingerprint density at radius 1 is 1.59 bits per heavy atom. The number of esters is 1. The van der Waals surface area contributed by atoms with Crippen LogP contribution in [0.2, 0.25) is 0 Å². The first kappa shape index (κ1) is 12.9. The van der Waals surface area contributed by atoms with Gasteiger partial charge in [-0.1, -0.05) is 0 Å². The zero-order chi connectivity index (χ0) is 13.2. The third kappa shape index (κ3) is 2.52. The Labute approximate surface area is 94.4 Å². The molecule has 92 valence electrons. The number of nitro groups is 1. The fraction of sp³-hybridized carbons (Fsp3) is 0.333. The molecule has 0 spiro atoms. The van der Waals surface area contributed by atoms with E-state index in [4.69, 9.17) is 0 Å². The van der Waals surface area contributed by atoms with Crippen LogP contribution in [-0.2, 0) is 4.74 Å². The van der Waals surface area contributed by atoms with Crippen LogP contribution >= 0.6 is 0 Å². The molecule has 0 atom stereocenters. The second kappa shape index (κ2) is 4.81. The van der Waals surface area contributed by atoms with Crippen LogP contribution in [0.25, 0.3) is 0 Å². The maximum Gasteiger partial charge on any atom is 0.356 e. The quantitative estimate of drug-likeness (QED) is 0.463. The minimum absolute atomic E-state index is 0.269. The molecule has 1 rings (SSSR count). The Morgan fingerprint density at radius 2 is 2.18 bits per heavy atom. The van der Waals surface area contributed by atoms with Crippen molar-refractivity contribution in [2.45, 2.75) is 13.3 Å². The van der Waals surface area contributed by atoms with Crippen molar-refractivity contribution in [3.8, 4) is 0 Å². The molecule has 0 bridgehead atoms. The molecule has 0 aliphatic heterocycles. The van der Waals surface area contributed by atoms with E-state index < -0.39 is 28.6 Å². The summed E-state index contributed by atoms with van der Waals surface area (Å²) >= 11 is 0. The fourth-order valence-corrected chi connectivity index (χ4v) is 1.30. The van der Waals surface area contributed by atoms with Gasteiger partial charge in [-0.25, -0.2) is 18.6 Å². The molecule has 0 radical (unpaired) electrons. The van der Waals surface area contributed by atoms with E-state index in [1.165, 1.54) is 6.92 Å². The topological polar surface area (TPSA) is 82.3 Å². The maximum absolute atomic E-state index is 12.6. The Kier molecular flexibility index (Phi) is 3.66. The van der Waals surface area contributed by atoms with Gasteiger partial charge in [0, 0.05) is 6.07 Å². The predicted molar refractivity (Wildman–Crippen MR) is 51.9 cm³/mol. The van der Waals surface area contributed by atoms with E-state index in [0.29, 0.717) is 6.07 Å². The number of alkyl halides is 2. The molecule has 17 heavy (non-hydrogen) atoms. The highest BCUT2D eigenvalue weighted by Gasteiger charge is 2.27. The van der Waals surface area contributed by atoms with Gasteiger partial charge in [0.2, 0.25) is 0 Å². The highest BCUT2D eigenvalue weighted by molar-refractivity contribution is 5.88. The summed E-state index contributed by atoms with van der Waals surface area (Å²) in [6.45, 7) is 1.17. The molecule has 6 nitrogen and oxygen atoms in total. The molecular formula is C9H8F2N2O4. The molecule has 0 saturated carbocycles. The summed E-state index contributed by atoms with van der Waals surface area (Å²) in [7, 11) is 1.06. The van der Waals surface area contributed by atoms with Crippen LogP contribution in [0.4, 0.5) is 14.5 Å². The summed E-state index contributed by atoms with van der Waals surface area (Å²) in [6.07, 6.45) is -3.03. The number of hydrogen-bond donors (Lipinski definition) is 0. The number of nitrogens with zero attached hydrogens (tertiary/aromatic N) is 2. The van der Waals surface area contributed by atoms with E-state index in [9.17, 15) is 23.7 Å². The molecule has 0 aromatic carbocycles. The van der Waals surface area contributed by atoms with Crippen LogP contribution in [0.3, 0.4) is 0 Å². The van der Waals surface area contributed by atoms with Gasteiger partial charge >= 0.3 is 5.97 Å². The smallest absolute Gasteiger partial charge is 0.356 e. The number of ether oxygens (including phenoxy) is 1. The van der Waals surface area contributed by atoms with Gasteiger partial charge in [-0.2, -0.15) is 0 Å². The van der Waals surface area contributed by atoms with Crippen LogP contribution in [0.15, 0.2) is 6.07 Å². The number of halogens is 2. The van der Waals surface area contributed by atoms with Gasteiger partial charge in [-0.05, 0) is 6.92 Å². The van der Waals surface area contributed by atoms with Crippen LogP contribution in [0, 0.1) is 17.0 Å². The van der Waals surface area contributed by atoms with E-state index in [1.807, 2.05) is 0 Å². The van der Waals surface area contributed by atoms with Crippen molar-refractivity contribution in [3.05, 3.63) is 33.1 Å². The number of rotatable bonds is 3. The molecule has 8 heteroatoms. The number of aromatic nitrogens is 1. The third-order valence-electron chi connectivity index (χ3n) is 2.04. The number of hydrogen-bond acceptors (Lipinski definition) is 5. The summed E-state index contributed by atoms with van der Waals surface area (Å²) in [5.74, 6) is -0.919. The Hall–Kier alpha value is -2.12. The first-order valence-corrected chi connectivity index (χ1v) is 4.40. The summed E-state index contributed by atoms with van der Waals surface area (Å²) in [5, 5.41) is 10.6. The first-order valence-electron chi connectivity index (χ1n) is 4.40.